The zero-order valence-electron chi connectivity index (χ0n) is 51.6. The molecular formula is C70H132O6. The van der Waals surface area contributed by atoms with Crippen LogP contribution in [0.3, 0.4) is 0 Å². The Labute approximate surface area is 474 Å². The number of hydrogen-bond acceptors (Lipinski definition) is 6. The van der Waals surface area contributed by atoms with E-state index in [9.17, 15) is 14.4 Å². The van der Waals surface area contributed by atoms with E-state index in [4.69, 9.17) is 14.2 Å². The Morgan fingerprint density at radius 2 is 0.474 bits per heavy atom. The molecule has 6 heteroatoms. The van der Waals surface area contributed by atoms with Gasteiger partial charge in [0.25, 0.3) is 0 Å². The predicted molar refractivity (Wildman–Crippen MR) is 330 cm³/mol. The van der Waals surface area contributed by atoms with Gasteiger partial charge in [0.1, 0.15) is 13.2 Å². The summed E-state index contributed by atoms with van der Waals surface area (Å²) in [6.45, 7) is 6.66. The number of allylic oxidation sites excluding steroid dienone is 4. The third kappa shape index (κ3) is 62.7. The van der Waals surface area contributed by atoms with Gasteiger partial charge in [0.05, 0.1) is 0 Å². The minimum absolute atomic E-state index is 0.0713. The molecule has 0 aliphatic rings. The maximum Gasteiger partial charge on any atom is 0.306 e. The van der Waals surface area contributed by atoms with Crippen LogP contribution in [0.2, 0.25) is 0 Å². The number of unbranched alkanes of at least 4 members (excludes halogenated alkanes) is 49. The van der Waals surface area contributed by atoms with E-state index in [0.717, 1.165) is 77.0 Å². The SMILES string of the molecule is CCCCC/C=C\C/C=C\CCCCCCCC(=O)OC(COC(=O)CCCCCCCCCCCCC)COC(=O)CCCCCCCCCCCCCCCCCCCCCCCCCCCCCCCCCC. The Morgan fingerprint density at radius 3 is 0.750 bits per heavy atom. The van der Waals surface area contributed by atoms with Crippen LogP contribution >= 0.6 is 0 Å². The molecule has 1 unspecified atom stereocenters. The van der Waals surface area contributed by atoms with E-state index in [0.29, 0.717) is 19.3 Å². The monoisotopic (exact) mass is 1070 g/mol. The molecule has 0 rings (SSSR count). The standard InChI is InChI=1S/C70H132O6/c1-4-7-10-13-16-19-22-24-26-27-28-29-30-31-32-33-34-35-36-37-38-39-40-41-42-44-45-48-51-54-57-60-63-69(72)75-66-67(65-74-68(71)62-59-56-53-50-47-21-18-15-12-9-6-3)76-70(73)64-61-58-55-52-49-46-43-25-23-20-17-14-11-8-5-2/h17,20,25,43,67H,4-16,18-19,21-24,26-42,44-66H2,1-3H3/b20-17-,43-25-. The Hall–Kier alpha value is -2.11. The Morgan fingerprint density at radius 1 is 0.263 bits per heavy atom. The summed E-state index contributed by atoms with van der Waals surface area (Å²) in [7, 11) is 0. The minimum atomic E-state index is -0.774. The first kappa shape index (κ1) is 73.9. The molecule has 1 atom stereocenters. The highest BCUT2D eigenvalue weighted by Crippen LogP contribution is 2.19. The van der Waals surface area contributed by atoms with E-state index in [1.165, 1.54) is 270 Å². The summed E-state index contributed by atoms with van der Waals surface area (Å²) < 4.78 is 16.9. The normalized spacial score (nSPS) is 12.1. The van der Waals surface area contributed by atoms with Crippen LogP contribution in [0.5, 0.6) is 0 Å². The van der Waals surface area contributed by atoms with E-state index in [2.05, 4.69) is 45.1 Å². The number of carbonyl (C=O) groups is 3. The number of rotatable bonds is 64. The van der Waals surface area contributed by atoms with Gasteiger partial charge < -0.3 is 14.2 Å². The fourth-order valence-corrected chi connectivity index (χ4v) is 10.5. The second-order valence-electron chi connectivity index (χ2n) is 23.5. The quantitative estimate of drug-likeness (QED) is 0.0261. The van der Waals surface area contributed by atoms with E-state index in [-0.39, 0.29) is 31.1 Å². The lowest BCUT2D eigenvalue weighted by Crippen LogP contribution is -2.30. The van der Waals surface area contributed by atoms with Crippen LogP contribution in [0.25, 0.3) is 0 Å². The summed E-state index contributed by atoms with van der Waals surface area (Å²) in [5, 5.41) is 0. The van der Waals surface area contributed by atoms with Gasteiger partial charge in [0.2, 0.25) is 0 Å². The van der Waals surface area contributed by atoms with Gasteiger partial charge in [0.15, 0.2) is 6.10 Å². The molecule has 0 aromatic rings. The number of hydrogen-bond donors (Lipinski definition) is 0. The average Bonchev–Trinajstić information content (AvgIpc) is 3.42. The zero-order chi connectivity index (χ0) is 55.0. The summed E-state index contributed by atoms with van der Waals surface area (Å²) in [5.74, 6) is -0.861. The smallest absolute Gasteiger partial charge is 0.306 e. The van der Waals surface area contributed by atoms with E-state index >= 15 is 0 Å². The Balaban J connectivity index is 4.04. The lowest BCUT2D eigenvalue weighted by Gasteiger charge is -2.18. The molecule has 0 bridgehead atoms. The summed E-state index contributed by atoms with van der Waals surface area (Å²) in [6.07, 6.45) is 79.4. The van der Waals surface area contributed by atoms with E-state index in [1.54, 1.807) is 0 Å². The van der Waals surface area contributed by atoms with Gasteiger partial charge in [-0.05, 0) is 51.4 Å². The predicted octanol–water partition coefficient (Wildman–Crippen LogP) is 23.4. The van der Waals surface area contributed by atoms with Crippen molar-refractivity contribution in [3.8, 4) is 0 Å². The van der Waals surface area contributed by atoms with Gasteiger partial charge in [-0.3, -0.25) is 14.4 Å². The molecule has 0 spiro atoms. The molecule has 0 aromatic carbocycles. The highest BCUT2D eigenvalue weighted by atomic mass is 16.6. The van der Waals surface area contributed by atoms with E-state index in [1.807, 2.05) is 0 Å². The molecule has 0 N–H and O–H groups in total. The van der Waals surface area contributed by atoms with Crippen molar-refractivity contribution in [2.45, 2.75) is 393 Å². The van der Waals surface area contributed by atoms with Crippen molar-refractivity contribution in [1.29, 1.82) is 0 Å². The van der Waals surface area contributed by atoms with Crippen LogP contribution in [0, 0.1) is 0 Å². The molecule has 0 aliphatic carbocycles. The molecule has 0 heterocycles. The van der Waals surface area contributed by atoms with Gasteiger partial charge in [-0.1, -0.05) is 340 Å². The van der Waals surface area contributed by atoms with Crippen LogP contribution in [-0.4, -0.2) is 37.2 Å². The second kappa shape index (κ2) is 65.4. The fourth-order valence-electron chi connectivity index (χ4n) is 10.5. The lowest BCUT2D eigenvalue weighted by molar-refractivity contribution is -0.167. The number of ether oxygens (including phenoxy) is 3. The van der Waals surface area contributed by atoms with Gasteiger partial charge in [-0.25, -0.2) is 0 Å². The highest BCUT2D eigenvalue weighted by Gasteiger charge is 2.19. The van der Waals surface area contributed by atoms with Gasteiger partial charge >= 0.3 is 17.9 Å². The molecular weight excluding hydrogens is 937 g/mol. The summed E-state index contributed by atoms with van der Waals surface area (Å²) in [4.78, 5) is 38.2. The molecule has 0 saturated heterocycles. The number of carbonyl (C=O) groups excluding carboxylic acids is 3. The second-order valence-corrected chi connectivity index (χ2v) is 23.5. The van der Waals surface area contributed by atoms with Crippen molar-refractivity contribution >= 4 is 17.9 Å². The Kier molecular flexibility index (Phi) is 63.6. The molecule has 0 saturated carbocycles. The summed E-state index contributed by atoms with van der Waals surface area (Å²) in [5.41, 5.74) is 0. The molecule has 0 amide bonds. The topological polar surface area (TPSA) is 78.9 Å². The largest absolute Gasteiger partial charge is 0.462 e. The fraction of sp³-hybridized carbons (Fsp3) is 0.900. The molecule has 0 aliphatic heterocycles. The van der Waals surface area contributed by atoms with Gasteiger partial charge in [0, 0.05) is 19.3 Å². The highest BCUT2D eigenvalue weighted by molar-refractivity contribution is 5.71. The van der Waals surface area contributed by atoms with Crippen LogP contribution < -0.4 is 0 Å². The molecule has 76 heavy (non-hydrogen) atoms. The number of esters is 3. The van der Waals surface area contributed by atoms with Gasteiger partial charge in [-0.15, -0.1) is 0 Å². The maximum absolute atomic E-state index is 12.9. The maximum atomic E-state index is 12.9. The third-order valence-corrected chi connectivity index (χ3v) is 15.7. The van der Waals surface area contributed by atoms with Crippen molar-refractivity contribution in [3.63, 3.8) is 0 Å². The van der Waals surface area contributed by atoms with Crippen LogP contribution in [0.4, 0.5) is 0 Å². The lowest BCUT2D eigenvalue weighted by atomic mass is 10.0. The van der Waals surface area contributed by atoms with E-state index < -0.39 is 6.10 Å². The van der Waals surface area contributed by atoms with Crippen molar-refractivity contribution in [1.82, 2.24) is 0 Å². The minimum Gasteiger partial charge on any atom is -0.462 e. The van der Waals surface area contributed by atoms with Gasteiger partial charge in [-0.2, -0.15) is 0 Å². The van der Waals surface area contributed by atoms with Crippen molar-refractivity contribution in [2.24, 2.45) is 0 Å². The van der Waals surface area contributed by atoms with Crippen molar-refractivity contribution in [2.75, 3.05) is 13.2 Å². The van der Waals surface area contributed by atoms with Crippen LogP contribution in [0.1, 0.15) is 387 Å². The first-order valence-electron chi connectivity index (χ1n) is 34.3. The molecule has 448 valence electrons. The first-order chi connectivity index (χ1) is 37.5. The molecule has 0 radical (unpaired) electrons. The molecule has 6 nitrogen and oxygen atoms in total. The summed E-state index contributed by atoms with van der Waals surface area (Å²) in [6, 6.07) is 0. The van der Waals surface area contributed by atoms with Crippen LogP contribution in [-0.2, 0) is 28.6 Å². The molecule has 0 aromatic heterocycles. The average molecular weight is 1070 g/mol. The Bertz CT molecular complexity index is 1230. The van der Waals surface area contributed by atoms with Crippen molar-refractivity contribution < 1.29 is 28.6 Å². The first-order valence-corrected chi connectivity index (χ1v) is 34.3. The third-order valence-electron chi connectivity index (χ3n) is 15.7. The van der Waals surface area contributed by atoms with Crippen LogP contribution in [0.15, 0.2) is 24.3 Å². The molecule has 0 fully saturated rings. The zero-order valence-corrected chi connectivity index (χ0v) is 51.6. The van der Waals surface area contributed by atoms with Crippen molar-refractivity contribution in [3.05, 3.63) is 24.3 Å². The summed E-state index contributed by atoms with van der Waals surface area (Å²) >= 11 is 0.